The maximum atomic E-state index is 5.22. The SMILES string of the molecule is CN/C=C(/Cc1cccc(-n2cccn2)c1)NCCOCS. The molecule has 0 radical (unpaired) electrons. The van der Waals surface area contributed by atoms with E-state index in [4.69, 9.17) is 4.74 Å². The van der Waals surface area contributed by atoms with Crippen LogP contribution < -0.4 is 10.6 Å². The molecule has 0 saturated heterocycles. The van der Waals surface area contributed by atoms with Gasteiger partial charge in [0.1, 0.15) is 0 Å². The largest absolute Gasteiger partial charge is 0.393 e. The van der Waals surface area contributed by atoms with Crippen molar-refractivity contribution < 1.29 is 4.74 Å². The molecule has 0 spiro atoms. The van der Waals surface area contributed by atoms with E-state index >= 15 is 0 Å². The monoisotopic (exact) mass is 318 g/mol. The number of benzene rings is 1. The number of hydrogen-bond donors (Lipinski definition) is 3. The molecule has 0 saturated carbocycles. The molecule has 0 fully saturated rings. The fraction of sp³-hybridized carbons (Fsp3) is 0.312. The first-order valence-electron chi connectivity index (χ1n) is 7.21. The normalized spacial score (nSPS) is 11.5. The molecule has 0 atom stereocenters. The van der Waals surface area contributed by atoms with Gasteiger partial charge in [-0.1, -0.05) is 12.1 Å². The molecule has 2 N–H and O–H groups in total. The van der Waals surface area contributed by atoms with Crippen LogP contribution in [-0.4, -0.2) is 35.9 Å². The van der Waals surface area contributed by atoms with Crippen molar-refractivity contribution in [2.24, 2.45) is 0 Å². The Kier molecular flexibility index (Phi) is 6.86. The van der Waals surface area contributed by atoms with E-state index in [0.717, 1.165) is 24.4 Å². The molecule has 0 aliphatic rings. The lowest BCUT2D eigenvalue weighted by molar-refractivity contribution is 0.187. The van der Waals surface area contributed by atoms with Crippen molar-refractivity contribution in [1.82, 2.24) is 20.4 Å². The summed E-state index contributed by atoms with van der Waals surface area (Å²) >= 11 is 4.02. The van der Waals surface area contributed by atoms with Crippen LogP contribution in [0, 0.1) is 0 Å². The van der Waals surface area contributed by atoms with Crippen LogP contribution in [0.25, 0.3) is 5.69 Å². The summed E-state index contributed by atoms with van der Waals surface area (Å²) in [7, 11) is 1.89. The fourth-order valence-electron chi connectivity index (χ4n) is 2.14. The minimum atomic E-state index is 0.443. The van der Waals surface area contributed by atoms with Gasteiger partial charge in [-0.15, -0.1) is 0 Å². The Morgan fingerprint density at radius 2 is 2.32 bits per heavy atom. The second-order valence-corrected chi connectivity index (χ2v) is 4.98. The van der Waals surface area contributed by atoms with E-state index in [1.807, 2.05) is 42.3 Å². The fourth-order valence-corrected chi connectivity index (χ4v) is 2.27. The molecular formula is C16H22N4OS. The summed E-state index contributed by atoms with van der Waals surface area (Å²) in [5.74, 6) is 0.443. The number of hydrogen-bond acceptors (Lipinski definition) is 5. The van der Waals surface area contributed by atoms with E-state index in [2.05, 4.69) is 40.5 Å². The third-order valence-corrected chi connectivity index (χ3v) is 3.26. The minimum absolute atomic E-state index is 0.443. The zero-order valence-corrected chi connectivity index (χ0v) is 13.6. The number of aromatic nitrogens is 2. The summed E-state index contributed by atoms with van der Waals surface area (Å²) in [6.07, 6.45) is 6.51. The van der Waals surface area contributed by atoms with Crippen LogP contribution in [0.2, 0.25) is 0 Å². The average Bonchev–Trinajstić information content (AvgIpc) is 3.06. The predicted molar refractivity (Wildman–Crippen MR) is 92.2 cm³/mol. The van der Waals surface area contributed by atoms with Gasteiger partial charge in [-0.25, -0.2) is 4.68 Å². The topological polar surface area (TPSA) is 51.1 Å². The summed E-state index contributed by atoms with van der Waals surface area (Å²) in [5, 5.41) is 10.7. The van der Waals surface area contributed by atoms with E-state index in [1.165, 1.54) is 5.56 Å². The lowest BCUT2D eigenvalue weighted by atomic mass is 10.1. The van der Waals surface area contributed by atoms with E-state index in [-0.39, 0.29) is 0 Å². The van der Waals surface area contributed by atoms with Crippen molar-refractivity contribution in [3.05, 3.63) is 60.2 Å². The van der Waals surface area contributed by atoms with Gasteiger partial charge in [0, 0.05) is 44.3 Å². The van der Waals surface area contributed by atoms with E-state index in [9.17, 15) is 0 Å². The van der Waals surface area contributed by atoms with Gasteiger partial charge in [-0.3, -0.25) is 0 Å². The molecule has 0 bridgehead atoms. The molecule has 0 unspecified atom stereocenters. The van der Waals surface area contributed by atoms with Gasteiger partial charge in [0.2, 0.25) is 0 Å². The first kappa shape index (κ1) is 16.5. The van der Waals surface area contributed by atoms with Gasteiger partial charge in [0.05, 0.1) is 18.2 Å². The van der Waals surface area contributed by atoms with Gasteiger partial charge in [0.25, 0.3) is 0 Å². The van der Waals surface area contributed by atoms with Crippen LogP contribution in [-0.2, 0) is 11.2 Å². The van der Waals surface area contributed by atoms with Gasteiger partial charge in [-0.2, -0.15) is 17.7 Å². The molecule has 0 aliphatic carbocycles. The molecule has 5 nitrogen and oxygen atoms in total. The van der Waals surface area contributed by atoms with Crippen LogP contribution in [0.15, 0.2) is 54.6 Å². The van der Waals surface area contributed by atoms with E-state index < -0.39 is 0 Å². The quantitative estimate of drug-likeness (QED) is 0.376. The molecule has 0 aliphatic heterocycles. The number of nitrogens with zero attached hydrogens (tertiary/aromatic N) is 2. The number of rotatable bonds is 9. The van der Waals surface area contributed by atoms with Crippen LogP contribution in [0.1, 0.15) is 5.56 Å². The van der Waals surface area contributed by atoms with Gasteiger partial charge >= 0.3 is 0 Å². The highest BCUT2D eigenvalue weighted by Gasteiger charge is 2.02. The first-order valence-corrected chi connectivity index (χ1v) is 7.84. The van der Waals surface area contributed by atoms with Crippen molar-refractivity contribution in [2.75, 3.05) is 26.1 Å². The van der Waals surface area contributed by atoms with Crippen molar-refractivity contribution in [3.8, 4) is 5.69 Å². The highest BCUT2D eigenvalue weighted by atomic mass is 32.1. The molecule has 1 aromatic heterocycles. The smallest absolute Gasteiger partial charge is 0.0893 e. The summed E-state index contributed by atoms with van der Waals surface area (Å²) in [6.45, 7) is 1.39. The Labute approximate surface area is 136 Å². The summed E-state index contributed by atoms with van der Waals surface area (Å²) < 4.78 is 7.08. The van der Waals surface area contributed by atoms with Gasteiger partial charge in [-0.05, 0) is 23.8 Å². The van der Waals surface area contributed by atoms with Crippen molar-refractivity contribution in [3.63, 3.8) is 0 Å². The predicted octanol–water partition coefficient (Wildman–Crippen LogP) is 1.97. The summed E-state index contributed by atoms with van der Waals surface area (Å²) in [6, 6.07) is 10.3. The second-order valence-electron chi connectivity index (χ2n) is 4.72. The Morgan fingerprint density at radius 1 is 1.41 bits per heavy atom. The zero-order chi connectivity index (χ0) is 15.6. The standard InChI is InChI=1S/C16H22N4OS/c1-17-12-15(18-7-9-21-13-22)10-14-4-2-5-16(11-14)20-8-3-6-19-20/h2-6,8,11-12,17-18,22H,7,9-10,13H2,1H3/b15-12-. The number of nitrogens with one attached hydrogen (secondary N) is 2. The van der Waals surface area contributed by atoms with E-state index in [1.54, 1.807) is 6.20 Å². The highest BCUT2D eigenvalue weighted by Crippen LogP contribution is 2.12. The molecule has 0 amide bonds. The molecule has 2 rings (SSSR count). The van der Waals surface area contributed by atoms with E-state index in [0.29, 0.717) is 12.5 Å². The molecule has 2 aromatic rings. The molecule has 22 heavy (non-hydrogen) atoms. The average molecular weight is 318 g/mol. The summed E-state index contributed by atoms with van der Waals surface area (Å²) in [5.41, 5.74) is 3.39. The molecule has 6 heteroatoms. The van der Waals surface area contributed by atoms with Crippen LogP contribution in [0.5, 0.6) is 0 Å². The first-order chi connectivity index (χ1) is 10.8. The third-order valence-electron chi connectivity index (χ3n) is 3.08. The van der Waals surface area contributed by atoms with Crippen LogP contribution in [0.3, 0.4) is 0 Å². The van der Waals surface area contributed by atoms with Crippen LogP contribution in [0.4, 0.5) is 0 Å². The number of thiol groups is 1. The van der Waals surface area contributed by atoms with Crippen molar-refractivity contribution in [2.45, 2.75) is 6.42 Å². The maximum Gasteiger partial charge on any atom is 0.0893 e. The minimum Gasteiger partial charge on any atom is -0.393 e. The molecule has 118 valence electrons. The Balaban J connectivity index is 2.00. The van der Waals surface area contributed by atoms with Crippen LogP contribution >= 0.6 is 12.6 Å². The Hall–Kier alpha value is -1.92. The lowest BCUT2D eigenvalue weighted by Crippen LogP contribution is -2.22. The molecule has 1 aromatic carbocycles. The number of allylic oxidation sites excluding steroid dienone is 1. The Morgan fingerprint density at radius 3 is 3.05 bits per heavy atom. The molecular weight excluding hydrogens is 296 g/mol. The molecule has 1 heterocycles. The van der Waals surface area contributed by atoms with Gasteiger partial charge < -0.3 is 15.4 Å². The number of ether oxygens (including phenoxy) is 1. The Bertz CT molecular complexity index is 584. The lowest BCUT2D eigenvalue weighted by Gasteiger charge is -2.12. The van der Waals surface area contributed by atoms with Crippen molar-refractivity contribution >= 4 is 12.6 Å². The highest BCUT2D eigenvalue weighted by molar-refractivity contribution is 7.80. The third kappa shape index (κ3) is 5.13. The summed E-state index contributed by atoms with van der Waals surface area (Å²) in [4.78, 5) is 0. The second kappa shape index (κ2) is 9.17. The zero-order valence-electron chi connectivity index (χ0n) is 12.7. The van der Waals surface area contributed by atoms with Crippen molar-refractivity contribution in [1.29, 1.82) is 0 Å². The maximum absolute atomic E-state index is 5.22. The van der Waals surface area contributed by atoms with Gasteiger partial charge in [0.15, 0.2) is 0 Å².